The number of carboxylic acid groups (broad SMARTS) is 1. The van der Waals surface area contributed by atoms with Crippen LogP contribution >= 0.6 is 0 Å². The maximum atomic E-state index is 13.6. The highest BCUT2D eigenvalue weighted by molar-refractivity contribution is 7.89. The van der Waals surface area contributed by atoms with Crippen LogP contribution in [0.25, 0.3) is 0 Å². The molecule has 1 N–H and O–H groups in total. The van der Waals surface area contributed by atoms with Crippen molar-refractivity contribution in [3.63, 3.8) is 0 Å². The molecule has 0 radical (unpaired) electrons. The van der Waals surface area contributed by atoms with Gasteiger partial charge in [-0.1, -0.05) is 0 Å². The van der Waals surface area contributed by atoms with Gasteiger partial charge in [-0.25, -0.2) is 21.6 Å². The standard InChI is InChI=1S/C12H12F3NO4S/c13-8-4-10(15)11(5-9(8)14)21(19,20)16-3-1-2-7(6-16)12(17)18/h4-5,7H,1-3,6H2,(H,17,18). The molecule has 1 aliphatic rings. The summed E-state index contributed by atoms with van der Waals surface area (Å²) in [7, 11) is -4.41. The minimum Gasteiger partial charge on any atom is -0.481 e. The van der Waals surface area contributed by atoms with E-state index in [1.165, 1.54) is 0 Å². The Bertz CT molecular complexity index is 677. The summed E-state index contributed by atoms with van der Waals surface area (Å²) in [5.74, 6) is -6.44. The third-order valence-corrected chi connectivity index (χ3v) is 5.21. The average Bonchev–Trinajstić information content (AvgIpc) is 2.42. The number of sulfonamides is 1. The number of carbonyl (C=O) groups is 1. The molecule has 2 rings (SSSR count). The zero-order valence-electron chi connectivity index (χ0n) is 10.7. The first-order valence-electron chi connectivity index (χ1n) is 6.11. The summed E-state index contributed by atoms with van der Waals surface area (Å²) >= 11 is 0. The van der Waals surface area contributed by atoms with E-state index in [-0.39, 0.29) is 25.2 Å². The first kappa shape index (κ1) is 15.8. The number of benzene rings is 1. The predicted octanol–water partition coefficient (Wildman–Crippen LogP) is 1.59. The normalized spacial score (nSPS) is 20.4. The molecule has 0 aromatic heterocycles. The van der Waals surface area contributed by atoms with Crippen molar-refractivity contribution in [1.29, 1.82) is 0 Å². The number of hydrogen-bond acceptors (Lipinski definition) is 3. The summed E-state index contributed by atoms with van der Waals surface area (Å²) in [6.45, 7) is -0.319. The Labute approximate surface area is 119 Å². The van der Waals surface area contributed by atoms with Gasteiger partial charge >= 0.3 is 5.97 Å². The Kier molecular flexibility index (Phi) is 4.24. The van der Waals surface area contributed by atoms with Gasteiger partial charge in [0.05, 0.1) is 5.92 Å². The van der Waals surface area contributed by atoms with Crippen LogP contribution in [0, 0.1) is 23.4 Å². The third-order valence-electron chi connectivity index (χ3n) is 3.33. The molecule has 9 heteroatoms. The van der Waals surface area contributed by atoms with Crippen molar-refractivity contribution in [2.75, 3.05) is 13.1 Å². The molecule has 1 fully saturated rings. The SMILES string of the molecule is O=C(O)C1CCCN(S(=O)(=O)c2cc(F)c(F)cc2F)C1. The lowest BCUT2D eigenvalue weighted by molar-refractivity contribution is -0.142. The fraction of sp³-hybridized carbons (Fsp3) is 0.417. The number of hydrogen-bond donors (Lipinski definition) is 1. The molecular formula is C12H12F3NO4S. The van der Waals surface area contributed by atoms with Crippen molar-refractivity contribution in [2.45, 2.75) is 17.7 Å². The van der Waals surface area contributed by atoms with Crippen molar-refractivity contribution in [3.8, 4) is 0 Å². The van der Waals surface area contributed by atoms with Crippen LogP contribution in [-0.2, 0) is 14.8 Å². The second-order valence-corrected chi connectivity index (χ2v) is 6.64. The van der Waals surface area contributed by atoms with E-state index >= 15 is 0 Å². The lowest BCUT2D eigenvalue weighted by Gasteiger charge is -2.29. The Morgan fingerprint density at radius 2 is 1.81 bits per heavy atom. The van der Waals surface area contributed by atoms with Crippen LogP contribution in [0.2, 0.25) is 0 Å². The molecule has 1 atom stereocenters. The van der Waals surface area contributed by atoms with Gasteiger partial charge < -0.3 is 5.11 Å². The van der Waals surface area contributed by atoms with Gasteiger partial charge in [-0.2, -0.15) is 4.31 Å². The van der Waals surface area contributed by atoms with Crippen LogP contribution in [-0.4, -0.2) is 36.9 Å². The molecular weight excluding hydrogens is 311 g/mol. The van der Waals surface area contributed by atoms with Gasteiger partial charge in [0.1, 0.15) is 10.7 Å². The molecule has 0 spiro atoms. The molecule has 1 unspecified atom stereocenters. The molecule has 1 aliphatic heterocycles. The quantitative estimate of drug-likeness (QED) is 0.857. The van der Waals surface area contributed by atoms with E-state index in [0.29, 0.717) is 12.8 Å². The molecule has 21 heavy (non-hydrogen) atoms. The van der Waals surface area contributed by atoms with E-state index in [9.17, 15) is 26.4 Å². The third kappa shape index (κ3) is 3.03. The molecule has 0 aliphatic carbocycles. The van der Waals surface area contributed by atoms with Gasteiger partial charge in [-0.15, -0.1) is 0 Å². The second kappa shape index (κ2) is 5.64. The van der Waals surface area contributed by atoms with Gasteiger partial charge in [-0.3, -0.25) is 4.79 Å². The van der Waals surface area contributed by atoms with Crippen molar-refractivity contribution >= 4 is 16.0 Å². The molecule has 0 saturated carbocycles. The molecule has 1 saturated heterocycles. The molecule has 1 aromatic carbocycles. The van der Waals surface area contributed by atoms with E-state index in [1.54, 1.807) is 0 Å². The summed E-state index contributed by atoms with van der Waals surface area (Å²) in [6, 6.07) is 0.422. The number of halogens is 3. The second-order valence-electron chi connectivity index (χ2n) is 4.74. The predicted molar refractivity (Wildman–Crippen MR) is 65.4 cm³/mol. The van der Waals surface area contributed by atoms with E-state index in [1.807, 2.05) is 0 Å². The van der Waals surface area contributed by atoms with Gasteiger partial charge in [0, 0.05) is 19.2 Å². The zero-order valence-corrected chi connectivity index (χ0v) is 11.5. The van der Waals surface area contributed by atoms with Crippen LogP contribution in [0.15, 0.2) is 17.0 Å². The minimum atomic E-state index is -4.41. The van der Waals surface area contributed by atoms with Crippen LogP contribution in [0.1, 0.15) is 12.8 Å². The lowest BCUT2D eigenvalue weighted by Crippen LogP contribution is -2.42. The van der Waals surface area contributed by atoms with Crippen molar-refractivity contribution in [3.05, 3.63) is 29.6 Å². The van der Waals surface area contributed by atoms with Gasteiger partial charge in [0.2, 0.25) is 10.0 Å². The number of piperidine rings is 1. The number of nitrogens with zero attached hydrogens (tertiary/aromatic N) is 1. The van der Waals surface area contributed by atoms with Crippen molar-refractivity contribution in [2.24, 2.45) is 5.92 Å². The van der Waals surface area contributed by atoms with Crippen molar-refractivity contribution < 1.29 is 31.5 Å². The summed E-state index contributed by atoms with van der Waals surface area (Å²) < 4.78 is 64.9. The molecule has 5 nitrogen and oxygen atoms in total. The van der Waals surface area contributed by atoms with Crippen LogP contribution in [0.3, 0.4) is 0 Å². The summed E-state index contributed by atoms with van der Waals surface area (Å²) in [5, 5.41) is 8.92. The molecule has 0 amide bonds. The largest absolute Gasteiger partial charge is 0.481 e. The Hall–Kier alpha value is -1.61. The lowest BCUT2D eigenvalue weighted by atomic mass is 10.0. The maximum absolute atomic E-state index is 13.6. The first-order valence-corrected chi connectivity index (χ1v) is 7.55. The first-order chi connectivity index (χ1) is 9.73. The van der Waals surface area contributed by atoms with Gasteiger partial charge in [0.15, 0.2) is 11.6 Å². The monoisotopic (exact) mass is 323 g/mol. The summed E-state index contributed by atoms with van der Waals surface area (Å²) in [4.78, 5) is 9.93. The van der Waals surface area contributed by atoms with Crippen LogP contribution in [0.4, 0.5) is 13.2 Å². The Morgan fingerprint density at radius 3 is 2.43 bits per heavy atom. The molecule has 1 heterocycles. The summed E-state index contributed by atoms with van der Waals surface area (Å²) in [5.41, 5.74) is 0. The van der Waals surface area contributed by atoms with Crippen LogP contribution < -0.4 is 0 Å². The smallest absolute Gasteiger partial charge is 0.307 e. The highest BCUT2D eigenvalue weighted by atomic mass is 32.2. The van der Waals surface area contributed by atoms with E-state index in [2.05, 4.69) is 0 Å². The zero-order chi connectivity index (χ0) is 15.8. The minimum absolute atomic E-state index is 0.00451. The van der Waals surface area contributed by atoms with E-state index in [4.69, 9.17) is 5.11 Å². The van der Waals surface area contributed by atoms with E-state index < -0.39 is 44.3 Å². The average molecular weight is 323 g/mol. The Balaban J connectivity index is 2.38. The maximum Gasteiger partial charge on any atom is 0.307 e. The topological polar surface area (TPSA) is 74.7 Å². The summed E-state index contributed by atoms with van der Waals surface area (Å²) in [6.07, 6.45) is 0.600. The number of carboxylic acids is 1. The Morgan fingerprint density at radius 1 is 1.19 bits per heavy atom. The van der Waals surface area contributed by atoms with Crippen LogP contribution in [0.5, 0.6) is 0 Å². The fourth-order valence-corrected chi connectivity index (χ4v) is 3.78. The molecule has 1 aromatic rings. The number of rotatable bonds is 3. The molecule has 0 bridgehead atoms. The highest BCUT2D eigenvalue weighted by Gasteiger charge is 2.35. The number of aliphatic carboxylic acids is 1. The van der Waals surface area contributed by atoms with Crippen molar-refractivity contribution in [1.82, 2.24) is 4.31 Å². The fourth-order valence-electron chi connectivity index (χ4n) is 2.20. The van der Waals surface area contributed by atoms with E-state index in [0.717, 1.165) is 4.31 Å². The molecule has 116 valence electrons. The van der Waals surface area contributed by atoms with Gasteiger partial charge in [0.25, 0.3) is 0 Å². The van der Waals surface area contributed by atoms with Gasteiger partial charge in [-0.05, 0) is 18.9 Å². The highest BCUT2D eigenvalue weighted by Crippen LogP contribution is 2.26.